The summed E-state index contributed by atoms with van der Waals surface area (Å²) in [5.41, 5.74) is 2.93. The highest BCUT2D eigenvalue weighted by molar-refractivity contribution is 7.92. The van der Waals surface area contributed by atoms with Crippen LogP contribution in [0.25, 0.3) is 0 Å². The fraction of sp³-hybridized carbons (Fsp3) is 0.250. The van der Waals surface area contributed by atoms with Crippen LogP contribution in [0.4, 0.5) is 15.8 Å². The van der Waals surface area contributed by atoms with E-state index in [0.29, 0.717) is 5.69 Å². The van der Waals surface area contributed by atoms with Crippen molar-refractivity contribution < 1.29 is 12.8 Å². The van der Waals surface area contributed by atoms with Gasteiger partial charge in [-0.2, -0.15) is 0 Å². The fourth-order valence-corrected chi connectivity index (χ4v) is 2.75. The van der Waals surface area contributed by atoms with Crippen LogP contribution in [0.5, 0.6) is 0 Å². The van der Waals surface area contributed by atoms with Gasteiger partial charge in [0.2, 0.25) is 10.0 Å². The van der Waals surface area contributed by atoms with Crippen molar-refractivity contribution in [2.45, 2.75) is 19.9 Å². The summed E-state index contributed by atoms with van der Waals surface area (Å²) >= 11 is 0. The maximum absolute atomic E-state index is 13.3. The lowest BCUT2D eigenvalue weighted by Gasteiger charge is -2.17. The molecule has 0 aliphatic heterocycles. The first-order valence-electron chi connectivity index (χ1n) is 6.85. The number of aryl methyl sites for hydroxylation is 1. The van der Waals surface area contributed by atoms with E-state index in [1.807, 2.05) is 32.0 Å². The van der Waals surface area contributed by atoms with Crippen molar-refractivity contribution in [3.63, 3.8) is 0 Å². The van der Waals surface area contributed by atoms with Gasteiger partial charge in [0.25, 0.3) is 0 Å². The summed E-state index contributed by atoms with van der Waals surface area (Å²) in [6.07, 6.45) is 1.11. The van der Waals surface area contributed by atoms with E-state index in [1.54, 1.807) is 12.1 Å². The molecule has 0 aromatic heterocycles. The number of nitrogens with one attached hydrogen (secondary N) is 2. The predicted molar refractivity (Wildman–Crippen MR) is 88.1 cm³/mol. The van der Waals surface area contributed by atoms with Gasteiger partial charge in [-0.15, -0.1) is 0 Å². The summed E-state index contributed by atoms with van der Waals surface area (Å²) in [6, 6.07) is 11.7. The molecule has 0 heterocycles. The summed E-state index contributed by atoms with van der Waals surface area (Å²) in [4.78, 5) is 0. The minimum Gasteiger partial charge on any atom is -0.378 e. The van der Waals surface area contributed by atoms with E-state index in [0.717, 1.165) is 23.1 Å². The topological polar surface area (TPSA) is 58.2 Å². The summed E-state index contributed by atoms with van der Waals surface area (Å²) in [5.74, 6) is -0.283. The first-order valence-corrected chi connectivity index (χ1v) is 8.74. The van der Waals surface area contributed by atoms with Crippen LogP contribution >= 0.6 is 0 Å². The summed E-state index contributed by atoms with van der Waals surface area (Å²) in [6.45, 7) is 3.74. The second kappa shape index (κ2) is 6.36. The molecule has 0 bridgehead atoms. The van der Waals surface area contributed by atoms with Crippen molar-refractivity contribution in [3.05, 3.63) is 59.4 Å². The third-order valence-corrected chi connectivity index (χ3v) is 3.86. The number of hydrogen-bond donors (Lipinski definition) is 2. The van der Waals surface area contributed by atoms with Crippen LogP contribution in [0.2, 0.25) is 0 Å². The van der Waals surface area contributed by atoms with Crippen LogP contribution in [0, 0.1) is 12.7 Å². The molecule has 1 atom stereocenters. The molecule has 4 nitrogen and oxygen atoms in total. The molecule has 0 aliphatic rings. The Morgan fingerprint density at radius 3 is 2.50 bits per heavy atom. The number of halogens is 1. The number of anilines is 2. The van der Waals surface area contributed by atoms with Crippen LogP contribution < -0.4 is 10.0 Å². The molecule has 2 aromatic rings. The van der Waals surface area contributed by atoms with E-state index in [9.17, 15) is 12.8 Å². The van der Waals surface area contributed by atoms with Crippen molar-refractivity contribution in [2.75, 3.05) is 16.3 Å². The molecule has 0 saturated heterocycles. The Kier molecular flexibility index (Phi) is 4.71. The lowest BCUT2D eigenvalue weighted by Crippen LogP contribution is -2.12. The largest absolute Gasteiger partial charge is 0.378 e. The van der Waals surface area contributed by atoms with Gasteiger partial charge in [-0.25, -0.2) is 12.8 Å². The van der Waals surface area contributed by atoms with Gasteiger partial charge in [0.15, 0.2) is 0 Å². The van der Waals surface area contributed by atoms with Crippen molar-refractivity contribution in [1.29, 1.82) is 0 Å². The number of hydrogen-bond acceptors (Lipinski definition) is 3. The van der Waals surface area contributed by atoms with Crippen LogP contribution in [0.1, 0.15) is 24.1 Å². The minimum absolute atomic E-state index is 0.107. The zero-order valence-electron chi connectivity index (χ0n) is 12.7. The molecule has 2 N–H and O–H groups in total. The van der Waals surface area contributed by atoms with Crippen molar-refractivity contribution in [1.82, 2.24) is 0 Å². The average molecular weight is 322 g/mol. The van der Waals surface area contributed by atoms with E-state index in [2.05, 4.69) is 10.0 Å². The van der Waals surface area contributed by atoms with E-state index in [4.69, 9.17) is 0 Å². The maximum Gasteiger partial charge on any atom is 0.229 e. The van der Waals surface area contributed by atoms with E-state index in [-0.39, 0.29) is 11.9 Å². The van der Waals surface area contributed by atoms with Crippen molar-refractivity contribution >= 4 is 21.4 Å². The lowest BCUT2D eigenvalue weighted by molar-refractivity contribution is 0.606. The Morgan fingerprint density at radius 2 is 1.86 bits per heavy atom. The highest BCUT2D eigenvalue weighted by Crippen LogP contribution is 2.25. The molecular weight excluding hydrogens is 303 g/mol. The minimum atomic E-state index is -3.33. The molecule has 2 aromatic carbocycles. The number of rotatable bonds is 5. The van der Waals surface area contributed by atoms with Gasteiger partial charge in [-0.05, 0) is 49.2 Å². The Morgan fingerprint density at radius 1 is 1.14 bits per heavy atom. The van der Waals surface area contributed by atoms with Gasteiger partial charge in [0.05, 0.1) is 11.9 Å². The van der Waals surface area contributed by atoms with Gasteiger partial charge in [-0.3, -0.25) is 4.72 Å². The molecule has 0 spiro atoms. The molecule has 0 radical (unpaired) electrons. The Hall–Kier alpha value is -2.08. The molecule has 6 heteroatoms. The second-order valence-corrected chi connectivity index (χ2v) is 7.07. The third-order valence-electron chi connectivity index (χ3n) is 3.26. The summed E-state index contributed by atoms with van der Waals surface area (Å²) < 4.78 is 38.5. The quantitative estimate of drug-likeness (QED) is 0.883. The molecule has 0 unspecified atom stereocenters. The molecule has 0 aliphatic carbocycles. The Labute approximate surface area is 130 Å². The number of sulfonamides is 1. The van der Waals surface area contributed by atoms with Gasteiger partial charge in [0.1, 0.15) is 5.82 Å². The molecule has 22 heavy (non-hydrogen) atoms. The maximum atomic E-state index is 13.3. The molecule has 118 valence electrons. The Bertz CT molecular complexity index is 775. The smallest absolute Gasteiger partial charge is 0.229 e. The van der Waals surface area contributed by atoms with Crippen LogP contribution in [0.15, 0.2) is 42.5 Å². The molecular formula is C16H19FN2O2S. The zero-order valence-corrected chi connectivity index (χ0v) is 13.5. The highest BCUT2D eigenvalue weighted by Gasteiger charge is 2.09. The van der Waals surface area contributed by atoms with E-state index >= 15 is 0 Å². The van der Waals surface area contributed by atoms with Crippen LogP contribution in [-0.2, 0) is 10.0 Å². The van der Waals surface area contributed by atoms with Gasteiger partial charge < -0.3 is 5.32 Å². The van der Waals surface area contributed by atoms with Gasteiger partial charge in [-0.1, -0.05) is 18.2 Å². The molecule has 0 amide bonds. The lowest BCUT2D eigenvalue weighted by atomic mass is 10.1. The second-order valence-electron chi connectivity index (χ2n) is 5.32. The van der Waals surface area contributed by atoms with E-state index < -0.39 is 10.0 Å². The first-order chi connectivity index (χ1) is 10.2. The Balaban J connectivity index is 2.21. The van der Waals surface area contributed by atoms with Crippen LogP contribution in [-0.4, -0.2) is 14.7 Å². The monoisotopic (exact) mass is 322 g/mol. The predicted octanol–water partition coefficient (Wildman–Crippen LogP) is 3.68. The van der Waals surface area contributed by atoms with Gasteiger partial charge in [0, 0.05) is 11.7 Å². The molecule has 0 saturated carbocycles. The highest BCUT2D eigenvalue weighted by atomic mass is 32.2. The summed E-state index contributed by atoms with van der Waals surface area (Å²) in [7, 11) is -3.33. The molecule has 2 rings (SSSR count). The third kappa shape index (κ3) is 4.46. The SMILES string of the molecule is Cc1ccc(N[C@@H](C)c2cccc(F)c2)cc1NS(C)(=O)=O. The van der Waals surface area contributed by atoms with E-state index in [1.165, 1.54) is 12.1 Å². The van der Waals surface area contributed by atoms with Crippen LogP contribution in [0.3, 0.4) is 0 Å². The normalized spacial score (nSPS) is 12.7. The first kappa shape index (κ1) is 16.3. The average Bonchev–Trinajstić information content (AvgIpc) is 2.41. The fourth-order valence-electron chi connectivity index (χ4n) is 2.13. The van der Waals surface area contributed by atoms with Gasteiger partial charge >= 0.3 is 0 Å². The number of benzene rings is 2. The molecule has 0 fully saturated rings. The standard InChI is InChI=1S/C16H19FN2O2S/c1-11-7-8-15(10-16(11)19-22(3,20)21)18-12(2)13-5-4-6-14(17)9-13/h4-10,12,18-19H,1-3H3/t12-/m0/s1. The zero-order chi connectivity index (χ0) is 16.3. The van der Waals surface area contributed by atoms with Crippen molar-refractivity contribution in [3.8, 4) is 0 Å². The summed E-state index contributed by atoms with van der Waals surface area (Å²) in [5, 5.41) is 3.24. The van der Waals surface area contributed by atoms with Crippen molar-refractivity contribution in [2.24, 2.45) is 0 Å².